The van der Waals surface area contributed by atoms with Crippen LogP contribution in [0.15, 0.2) is 48.5 Å². The summed E-state index contributed by atoms with van der Waals surface area (Å²) in [6, 6.07) is 11.9. The van der Waals surface area contributed by atoms with Gasteiger partial charge in [-0.05, 0) is 12.1 Å². The summed E-state index contributed by atoms with van der Waals surface area (Å²) in [5, 5.41) is 0.431. The molecule has 0 amide bonds. The smallest absolute Gasteiger partial charge is 0.241 e. The van der Waals surface area contributed by atoms with Crippen LogP contribution in [0.1, 0.15) is 0 Å². The Morgan fingerprint density at radius 3 is 1.50 bits per heavy atom. The second kappa shape index (κ2) is 4.55. The van der Waals surface area contributed by atoms with E-state index in [0.717, 1.165) is 0 Å². The summed E-state index contributed by atoms with van der Waals surface area (Å²) in [6.45, 7) is 0. The standard InChI is InChI=1S/C12H10F2OSi/c13-9-5-1-3-7-11(9)16(15)12-8-4-2-6-10(12)14/h1-8,15-16H. The maximum absolute atomic E-state index is 13.4. The molecule has 0 bridgehead atoms. The van der Waals surface area contributed by atoms with Crippen molar-refractivity contribution in [3.8, 4) is 0 Å². The van der Waals surface area contributed by atoms with Gasteiger partial charge in [-0.15, -0.1) is 0 Å². The molecule has 2 aromatic rings. The Bertz CT molecular complexity index is 456. The molecule has 0 atom stereocenters. The lowest BCUT2D eigenvalue weighted by Gasteiger charge is -2.10. The second-order valence-corrected chi connectivity index (χ2v) is 5.49. The van der Waals surface area contributed by atoms with Crippen molar-refractivity contribution in [2.75, 3.05) is 0 Å². The largest absolute Gasteiger partial charge is 0.426 e. The van der Waals surface area contributed by atoms with Gasteiger partial charge in [0, 0.05) is 10.4 Å². The first-order valence-corrected chi connectivity index (χ1v) is 6.54. The molecule has 0 spiro atoms. The quantitative estimate of drug-likeness (QED) is 0.765. The Kier molecular flexibility index (Phi) is 3.12. The van der Waals surface area contributed by atoms with Gasteiger partial charge in [0.25, 0.3) is 0 Å². The molecule has 1 N–H and O–H groups in total. The highest BCUT2D eigenvalue weighted by atomic mass is 28.3. The van der Waals surface area contributed by atoms with Crippen molar-refractivity contribution in [2.24, 2.45) is 0 Å². The minimum absolute atomic E-state index is 0.215. The molecule has 2 rings (SSSR count). The third-order valence-electron chi connectivity index (χ3n) is 2.40. The molecule has 0 fully saturated rings. The lowest BCUT2D eigenvalue weighted by molar-refractivity contribution is 0.581. The van der Waals surface area contributed by atoms with E-state index in [1.165, 1.54) is 24.3 Å². The van der Waals surface area contributed by atoms with Gasteiger partial charge >= 0.3 is 0 Å². The highest BCUT2D eigenvalue weighted by Crippen LogP contribution is 1.98. The van der Waals surface area contributed by atoms with E-state index in [0.29, 0.717) is 0 Å². The van der Waals surface area contributed by atoms with Crippen LogP contribution >= 0.6 is 0 Å². The van der Waals surface area contributed by atoms with E-state index in [1.54, 1.807) is 24.3 Å². The van der Waals surface area contributed by atoms with Crippen molar-refractivity contribution in [3.63, 3.8) is 0 Å². The molecule has 2 aromatic carbocycles. The lowest BCUT2D eigenvalue weighted by atomic mass is 10.3. The summed E-state index contributed by atoms with van der Waals surface area (Å²) in [5.74, 6) is -0.963. The summed E-state index contributed by atoms with van der Waals surface area (Å²) in [5.41, 5.74) is 0. The molecule has 1 nitrogen and oxygen atoms in total. The van der Waals surface area contributed by atoms with Crippen LogP contribution in [0.5, 0.6) is 0 Å². The summed E-state index contributed by atoms with van der Waals surface area (Å²) in [7, 11) is -2.75. The van der Waals surface area contributed by atoms with Gasteiger partial charge in [0.05, 0.1) is 0 Å². The summed E-state index contributed by atoms with van der Waals surface area (Å²) < 4.78 is 26.8. The van der Waals surface area contributed by atoms with E-state index in [2.05, 4.69) is 0 Å². The predicted molar refractivity (Wildman–Crippen MR) is 61.4 cm³/mol. The van der Waals surface area contributed by atoms with Crippen LogP contribution in [0.2, 0.25) is 0 Å². The van der Waals surface area contributed by atoms with Gasteiger partial charge in [0.1, 0.15) is 11.6 Å². The van der Waals surface area contributed by atoms with Crippen molar-refractivity contribution < 1.29 is 13.6 Å². The normalized spacial score (nSPS) is 10.8. The molecule has 0 aromatic heterocycles. The predicted octanol–water partition coefficient (Wildman–Crippen LogP) is 0.795. The fourth-order valence-electron chi connectivity index (χ4n) is 1.56. The Labute approximate surface area is 93.7 Å². The Hall–Kier alpha value is -1.52. The molecule has 0 saturated heterocycles. The molecule has 4 heteroatoms. The van der Waals surface area contributed by atoms with Crippen LogP contribution in [-0.4, -0.2) is 13.8 Å². The van der Waals surface area contributed by atoms with E-state index < -0.39 is 20.7 Å². The third kappa shape index (κ3) is 2.03. The SMILES string of the molecule is O[SiH](c1ccccc1F)c1ccccc1F. The van der Waals surface area contributed by atoms with Crippen molar-refractivity contribution in [1.29, 1.82) is 0 Å². The highest BCUT2D eigenvalue weighted by molar-refractivity contribution is 6.79. The molecule has 82 valence electrons. The second-order valence-electron chi connectivity index (χ2n) is 3.45. The third-order valence-corrected chi connectivity index (χ3v) is 4.51. The van der Waals surface area contributed by atoms with Gasteiger partial charge < -0.3 is 4.80 Å². The monoisotopic (exact) mass is 236 g/mol. The molecular weight excluding hydrogens is 226 g/mol. The van der Waals surface area contributed by atoms with Crippen molar-refractivity contribution in [2.45, 2.75) is 0 Å². The number of benzene rings is 2. The summed E-state index contributed by atoms with van der Waals surface area (Å²) in [6.07, 6.45) is 0. The Morgan fingerprint density at radius 1 is 0.750 bits per heavy atom. The Balaban J connectivity index is 2.44. The average Bonchev–Trinajstić information content (AvgIpc) is 2.29. The zero-order valence-corrected chi connectivity index (χ0v) is 9.55. The van der Waals surface area contributed by atoms with Crippen LogP contribution in [0.25, 0.3) is 0 Å². The van der Waals surface area contributed by atoms with Crippen molar-refractivity contribution in [1.82, 2.24) is 0 Å². The summed E-state index contributed by atoms with van der Waals surface area (Å²) in [4.78, 5) is 10.0. The number of hydrogen-bond donors (Lipinski definition) is 1. The molecule has 0 aliphatic rings. The van der Waals surface area contributed by atoms with Gasteiger partial charge in [0.2, 0.25) is 9.04 Å². The molecule has 0 aliphatic carbocycles. The molecule has 0 radical (unpaired) electrons. The van der Waals surface area contributed by atoms with E-state index in [9.17, 15) is 13.6 Å². The topological polar surface area (TPSA) is 20.2 Å². The van der Waals surface area contributed by atoms with Gasteiger partial charge in [0.15, 0.2) is 0 Å². The fraction of sp³-hybridized carbons (Fsp3) is 0. The fourth-order valence-corrected chi connectivity index (χ4v) is 3.20. The van der Waals surface area contributed by atoms with Crippen LogP contribution < -0.4 is 10.4 Å². The van der Waals surface area contributed by atoms with Crippen LogP contribution in [0.3, 0.4) is 0 Å². The van der Waals surface area contributed by atoms with Crippen LogP contribution in [-0.2, 0) is 0 Å². The minimum atomic E-state index is -2.75. The average molecular weight is 236 g/mol. The van der Waals surface area contributed by atoms with Gasteiger partial charge in [-0.25, -0.2) is 8.78 Å². The lowest BCUT2D eigenvalue weighted by Crippen LogP contribution is -2.45. The molecule has 0 unspecified atom stereocenters. The molecular formula is C12H10F2OSi. The van der Waals surface area contributed by atoms with Crippen LogP contribution in [0.4, 0.5) is 8.78 Å². The number of hydrogen-bond acceptors (Lipinski definition) is 1. The minimum Gasteiger partial charge on any atom is -0.426 e. The maximum Gasteiger partial charge on any atom is 0.241 e. The highest BCUT2D eigenvalue weighted by Gasteiger charge is 2.19. The van der Waals surface area contributed by atoms with Crippen LogP contribution in [0, 0.1) is 11.6 Å². The number of halogens is 2. The summed E-state index contributed by atoms with van der Waals surface area (Å²) >= 11 is 0. The zero-order valence-electron chi connectivity index (χ0n) is 8.40. The molecule has 0 aliphatic heterocycles. The van der Waals surface area contributed by atoms with Gasteiger partial charge in [-0.1, -0.05) is 36.4 Å². The zero-order chi connectivity index (χ0) is 11.5. The number of rotatable bonds is 2. The maximum atomic E-state index is 13.4. The first-order valence-electron chi connectivity index (χ1n) is 4.87. The first kappa shape index (κ1) is 11.0. The molecule has 16 heavy (non-hydrogen) atoms. The van der Waals surface area contributed by atoms with Crippen molar-refractivity contribution >= 4 is 19.4 Å². The molecule has 0 saturated carbocycles. The Morgan fingerprint density at radius 2 is 1.12 bits per heavy atom. The first-order chi connectivity index (χ1) is 7.70. The van der Waals surface area contributed by atoms with Crippen molar-refractivity contribution in [3.05, 3.63) is 60.2 Å². The van der Waals surface area contributed by atoms with Gasteiger partial charge in [-0.3, -0.25) is 0 Å². The van der Waals surface area contributed by atoms with E-state index >= 15 is 0 Å². The molecule has 0 heterocycles. The van der Waals surface area contributed by atoms with E-state index in [1.807, 2.05) is 0 Å². The van der Waals surface area contributed by atoms with Gasteiger partial charge in [-0.2, -0.15) is 0 Å². The van der Waals surface area contributed by atoms with E-state index in [4.69, 9.17) is 0 Å². The van der Waals surface area contributed by atoms with E-state index in [-0.39, 0.29) is 10.4 Å².